The minimum Gasteiger partial charge on any atom is -0.508 e. The van der Waals surface area contributed by atoms with Crippen molar-refractivity contribution in [2.75, 3.05) is 11.6 Å². The molecule has 0 atom stereocenters. The Morgan fingerprint density at radius 3 is 2.54 bits per heavy atom. The molecule has 0 aliphatic rings. The lowest BCUT2D eigenvalue weighted by molar-refractivity contribution is 0.375. The van der Waals surface area contributed by atoms with Gasteiger partial charge in [-0.25, -0.2) is 0 Å². The molecule has 0 radical (unpaired) electrons. The summed E-state index contributed by atoms with van der Waals surface area (Å²) in [6.07, 6.45) is -0.795. The summed E-state index contributed by atoms with van der Waals surface area (Å²) in [7, 11) is -4.42. The minimum atomic E-state index is -4.42. The molecule has 7 nitrogen and oxygen atoms in total. The van der Waals surface area contributed by atoms with E-state index in [0.717, 1.165) is 0 Å². The van der Waals surface area contributed by atoms with Crippen LogP contribution in [-0.4, -0.2) is 26.2 Å². The van der Waals surface area contributed by atoms with E-state index in [1.807, 2.05) is 13.8 Å². The van der Waals surface area contributed by atoms with Gasteiger partial charge in [0.2, 0.25) is 5.95 Å². The van der Waals surface area contributed by atoms with E-state index in [9.17, 15) is 14.1 Å². The lowest BCUT2D eigenvalue weighted by atomic mass is 10.0. The number of halogens is 3. The Morgan fingerprint density at radius 1 is 1.31 bits per heavy atom. The van der Waals surface area contributed by atoms with Gasteiger partial charge in [0.15, 0.2) is 11.6 Å². The quantitative estimate of drug-likeness (QED) is 0.392. The Morgan fingerprint density at radius 2 is 1.96 bits per heavy atom. The van der Waals surface area contributed by atoms with Crippen LogP contribution in [-0.2, 0) is 4.57 Å². The number of phenols is 1. The zero-order valence-corrected chi connectivity index (χ0v) is 16.1. The Hall–Kier alpha value is -1.57. The summed E-state index contributed by atoms with van der Waals surface area (Å²) in [5, 5.41) is 11.4. The second-order valence-corrected chi connectivity index (χ2v) is 8.09. The van der Waals surface area contributed by atoms with Gasteiger partial charge in [-0.05, 0) is 24.1 Å². The average Bonchev–Trinajstić information content (AvgIpc) is 2.54. The molecule has 1 heterocycles. The summed E-state index contributed by atoms with van der Waals surface area (Å²) in [5.74, 6) is -1.40. The normalized spacial score (nSPS) is 11.7. The molecule has 0 amide bonds. The van der Waals surface area contributed by atoms with Crippen molar-refractivity contribution in [3.8, 4) is 17.2 Å². The number of aromatic hydroxyl groups is 1. The van der Waals surface area contributed by atoms with Crippen molar-refractivity contribution in [2.24, 2.45) is 0 Å². The van der Waals surface area contributed by atoms with Crippen molar-refractivity contribution < 1.29 is 28.6 Å². The molecule has 0 aliphatic heterocycles. The first-order valence-corrected chi connectivity index (χ1v) is 9.88. The number of phenolic OH excluding ortho intramolecular Hbond substituents is 1. The van der Waals surface area contributed by atoms with E-state index in [4.69, 9.17) is 37.7 Å². The number of benzene rings is 1. The van der Waals surface area contributed by atoms with Gasteiger partial charge in [-0.2, -0.15) is 9.37 Å². The van der Waals surface area contributed by atoms with Crippen LogP contribution in [0, 0.1) is 5.95 Å². The number of hydrogen-bond donors (Lipinski definition) is 4. The first-order valence-electron chi connectivity index (χ1n) is 7.33. The molecule has 0 unspecified atom stereocenters. The standard InChI is InChI=1S/C15H16Cl2FN2O5P/c1-7(2)9-5-8(3-4-10(9)21)25-13-11(16)14(18)20-15(12(13)17)19-6-26(22,23)24/h3-5,7,21H,6H2,1-2H3,(H,19,20)(H2,22,23,24). The molecule has 0 aliphatic carbocycles. The van der Waals surface area contributed by atoms with Crippen molar-refractivity contribution in [2.45, 2.75) is 19.8 Å². The Kier molecular flexibility index (Phi) is 6.37. The van der Waals surface area contributed by atoms with E-state index in [-0.39, 0.29) is 34.0 Å². The predicted molar refractivity (Wildman–Crippen MR) is 97.0 cm³/mol. The van der Waals surface area contributed by atoms with Crippen LogP contribution in [0.4, 0.5) is 10.2 Å². The number of aromatic nitrogens is 1. The maximum absolute atomic E-state index is 14.0. The van der Waals surface area contributed by atoms with Crippen LogP contribution in [0.5, 0.6) is 17.2 Å². The molecule has 0 bridgehead atoms. The van der Waals surface area contributed by atoms with E-state index < -0.39 is 24.9 Å². The van der Waals surface area contributed by atoms with Crippen LogP contribution in [0.15, 0.2) is 18.2 Å². The predicted octanol–water partition coefficient (Wildman–Crippen LogP) is 4.70. The highest BCUT2D eigenvalue weighted by Gasteiger charge is 2.22. The number of rotatable bonds is 6. The number of ether oxygens (including phenoxy) is 1. The van der Waals surface area contributed by atoms with Crippen LogP contribution in [0.25, 0.3) is 0 Å². The van der Waals surface area contributed by atoms with Gasteiger partial charge in [0.25, 0.3) is 0 Å². The highest BCUT2D eigenvalue weighted by atomic mass is 35.5. The number of nitrogens with one attached hydrogen (secondary N) is 1. The molecule has 0 fully saturated rings. The molecule has 11 heteroatoms. The zero-order chi connectivity index (χ0) is 19.6. The second-order valence-electron chi connectivity index (χ2n) is 5.69. The van der Waals surface area contributed by atoms with Gasteiger partial charge in [-0.3, -0.25) is 4.57 Å². The SMILES string of the molecule is CC(C)c1cc(Oc2c(Cl)c(F)nc(NCP(=O)(O)O)c2Cl)ccc1O. The number of hydrogen-bond acceptors (Lipinski definition) is 5. The fourth-order valence-corrected chi connectivity index (χ4v) is 2.88. The van der Waals surface area contributed by atoms with Crippen LogP contribution >= 0.6 is 30.8 Å². The second kappa shape index (κ2) is 7.98. The molecule has 26 heavy (non-hydrogen) atoms. The van der Waals surface area contributed by atoms with Gasteiger partial charge in [0.05, 0.1) is 0 Å². The van der Waals surface area contributed by atoms with E-state index in [2.05, 4.69) is 10.3 Å². The summed E-state index contributed by atoms with van der Waals surface area (Å²) >= 11 is 12.0. The molecular weight excluding hydrogens is 409 g/mol. The molecule has 2 aromatic rings. The Balaban J connectivity index is 2.41. The smallest absolute Gasteiger partial charge is 0.344 e. The summed E-state index contributed by atoms with van der Waals surface area (Å²) in [4.78, 5) is 21.3. The lowest BCUT2D eigenvalue weighted by Gasteiger charge is -2.16. The summed E-state index contributed by atoms with van der Waals surface area (Å²) < 4.78 is 30.5. The molecule has 1 aromatic carbocycles. The Labute approximate surface area is 158 Å². The van der Waals surface area contributed by atoms with Crippen molar-refractivity contribution in [3.05, 3.63) is 39.8 Å². The number of anilines is 1. The summed E-state index contributed by atoms with van der Waals surface area (Å²) in [6, 6.07) is 4.40. The first-order chi connectivity index (χ1) is 12.0. The van der Waals surface area contributed by atoms with Crippen molar-refractivity contribution >= 4 is 36.6 Å². The average molecular weight is 425 g/mol. The Bertz CT molecular complexity index is 876. The molecule has 142 valence electrons. The van der Waals surface area contributed by atoms with E-state index in [1.54, 1.807) is 6.07 Å². The third kappa shape index (κ3) is 4.99. The van der Waals surface area contributed by atoms with Gasteiger partial charge in [-0.15, -0.1) is 0 Å². The lowest BCUT2D eigenvalue weighted by Crippen LogP contribution is -2.06. The molecule has 2 rings (SSSR count). The topological polar surface area (TPSA) is 112 Å². The molecular formula is C15H16Cl2FN2O5P. The van der Waals surface area contributed by atoms with Crippen LogP contribution in [0.2, 0.25) is 10.0 Å². The van der Waals surface area contributed by atoms with E-state index in [0.29, 0.717) is 5.56 Å². The summed E-state index contributed by atoms with van der Waals surface area (Å²) in [6.45, 7) is 3.74. The first kappa shape index (κ1) is 20.7. The highest BCUT2D eigenvalue weighted by molar-refractivity contribution is 7.51. The van der Waals surface area contributed by atoms with Gasteiger partial charge >= 0.3 is 7.60 Å². The maximum atomic E-state index is 14.0. The maximum Gasteiger partial charge on any atom is 0.344 e. The van der Waals surface area contributed by atoms with E-state index in [1.165, 1.54) is 12.1 Å². The van der Waals surface area contributed by atoms with Gasteiger partial charge in [-0.1, -0.05) is 37.0 Å². The molecule has 4 N–H and O–H groups in total. The molecule has 0 saturated carbocycles. The van der Waals surface area contributed by atoms with Crippen molar-refractivity contribution in [3.63, 3.8) is 0 Å². The summed E-state index contributed by atoms with van der Waals surface area (Å²) in [5.41, 5.74) is 0.601. The van der Waals surface area contributed by atoms with Crippen molar-refractivity contribution in [1.29, 1.82) is 0 Å². The van der Waals surface area contributed by atoms with Crippen LogP contribution in [0.3, 0.4) is 0 Å². The van der Waals surface area contributed by atoms with Crippen LogP contribution in [0.1, 0.15) is 25.3 Å². The highest BCUT2D eigenvalue weighted by Crippen LogP contribution is 2.43. The largest absolute Gasteiger partial charge is 0.508 e. The minimum absolute atomic E-state index is 0.000787. The third-order valence-electron chi connectivity index (χ3n) is 3.29. The van der Waals surface area contributed by atoms with Crippen molar-refractivity contribution in [1.82, 2.24) is 4.98 Å². The molecule has 0 saturated heterocycles. The zero-order valence-electron chi connectivity index (χ0n) is 13.7. The third-order valence-corrected chi connectivity index (χ3v) is 4.54. The van der Waals surface area contributed by atoms with E-state index >= 15 is 0 Å². The molecule has 0 spiro atoms. The van der Waals surface area contributed by atoms with Gasteiger partial charge in [0.1, 0.15) is 27.8 Å². The fraction of sp³-hybridized carbons (Fsp3) is 0.267. The fourth-order valence-electron chi connectivity index (χ4n) is 2.05. The van der Waals surface area contributed by atoms with Gasteiger partial charge in [0, 0.05) is 5.56 Å². The number of nitrogens with zero attached hydrogens (tertiary/aromatic N) is 1. The van der Waals surface area contributed by atoms with Crippen LogP contribution < -0.4 is 10.1 Å². The molecule has 1 aromatic heterocycles. The van der Waals surface area contributed by atoms with Gasteiger partial charge < -0.3 is 24.9 Å². The number of pyridine rings is 1. The monoisotopic (exact) mass is 424 g/mol.